The van der Waals surface area contributed by atoms with Crippen molar-refractivity contribution in [1.82, 2.24) is 0 Å². The highest BCUT2D eigenvalue weighted by Crippen LogP contribution is 2.38. The SMILES string of the molecule is Cl.NC1(C(=O)Nc2ccc(Oc3ccccc3C(F)(F)F)c(F)c2)CCOCC1. The van der Waals surface area contributed by atoms with Gasteiger partial charge in [-0.2, -0.15) is 13.2 Å². The maximum absolute atomic E-state index is 14.3. The van der Waals surface area contributed by atoms with Crippen molar-refractivity contribution in [1.29, 1.82) is 0 Å². The number of hydrogen-bond donors (Lipinski definition) is 2. The van der Waals surface area contributed by atoms with Gasteiger partial charge in [0.15, 0.2) is 11.6 Å². The van der Waals surface area contributed by atoms with Gasteiger partial charge in [-0.1, -0.05) is 12.1 Å². The van der Waals surface area contributed by atoms with Crippen molar-refractivity contribution >= 4 is 24.0 Å². The summed E-state index contributed by atoms with van der Waals surface area (Å²) >= 11 is 0. The van der Waals surface area contributed by atoms with E-state index in [1.807, 2.05) is 0 Å². The van der Waals surface area contributed by atoms with Gasteiger partial charge in [-0.3, -0.25) is 4.79 Å². The van der Waals surface area contributed by atoms with E-state index in [9.17, 15) is 22.4 Å². The smallest absolute Gasteiger partial charge is 0.419 e. The molecule has 3 rings (SSSR count). The second kappa shape index (κ2) is 8.98. The third kappa shape index (κ3) is 5.37. The molecule has 29 heavy (non-hydrogen) atoms. The summed E-state index contributed by atoms with van der Waals surface area (Å²) in [6.07, 6.45) is -3.98. The Bertz CT molecular complexity index is 871. The number of nitrogens with one attached hydrogen (secondary N) is 1. The first-order valence-corrected chi connectivity index (χ1v) is 8.51. The van der Waals surface area contributed by atoms with Gasteiger partial charge in [0.2, 0.25) is 5.91 Å². The van der Waals surface area contributed by atoms with Crippen LogP contribution in [0, 0.1) is 5.82 Å². The molecule has 10 heteroatoms. The second-order valence-corrected chi connectivity index (χ2v) is 6.46. The van der Waals surface area contributed by atoms with Gasteiger partial charge >= 0.3 is 6.18 Å². The molecule has 5 nitrogen and oxygen atoms in total. The fourth-order valence-corrected chi connectivity index (χ4v) is 2.79. The largest absolute Gasteiger partial charge is 0.454 e. The number of hydrogen-bond acceptors (Lipinski definition) is 4. The molecular formula is C19H19ClF4N2O3. The van der Waals surface area contributed by atoms with Crippen LogP contribution in [0.3, 0.4) is 0 Å². The predicted molar refractivity (Wildman–Crippen MR) is 101 cm³/mol. The van der Waals surface area contributed by atoms with Crippen LogP contribution in [0.5, 0.6) is 11.5 Å². The van der Waals surface area contributed by atoms with Gasteiger partial charge in [-0.25, -0.2) is 4.39 Å². The number of alkyl halides is 3. The first-order valence-electron chi connectivity index (χ1n) is 8.51. The maximum atomic E-state index is 14.3. The zero-order valence-electron chi connectivity index (χ0n) is 15.1. The number of carbonyl (C=O) groups is 1. The number of ether oxygens (including phenoxy) is 2. The summed E-state index contributed by atoms with van der Waals surface area (Å²) in [6, 6.07) is 7.94. The lowest BCUT2D eigenvalue weighted by atomic mass is 9.90. The van der Waals surface area contributed by atoms with E-state index in [0.29, 0.717) is 26.1 Å². The van der Waals surface area contributed by atoms with E-state index in [1.54, 1.807) is 0 Å². The van der Waals surface area contributed by atoms with Crippen molar-refractivity contribution in [2.45, 2.75) is 24.6 Å². The molecule has 1 aliphatic heterocycles. The first kappa shape index (κ1) is 22.9. The third-order valence-electron chi connectivity index (χ3n) is 4.44. The first-order chi connectivity index (χ1) is 13.2. The molecule has 1 saturated heterocycles. The molecule has 0 unspecified atom stereocenters. The number of rotatable bonds is 4. The average molecular weight is 435 g/mol. The van der Waals surface area contributed by atoms with E-state index in [0.717, 1.165) is 24.3 Å². The average Bonchev–Trinajstić information content (AvgIpc) is 2.64. The number of carbonyl (C=O) groups excluding carboxylic acids is 1. The lowest BCUT2D eigenvalue weighted by Gasteiger charge is -2.31. The van der Waals surface area contributed by atoms with Gasteiger partial charge in [0.25, 0.3) is 0 Å². The standard InChI is InChI=1S/C19H18F4N2O3.ClH/c20-14-11-12(25-17(26)18(24)7-9-27-10-8-18)5-6-16(14)28-15-4-2-1-3-13(15)19(21,22)23;/h1-6,11H,7-10,24H2,(H,25,26);1H. The Hall–Kier alpha value is -2.36. The number of para-hydroxylation sites is 1. The monoisotopic (exact) mass is 434 g/mol. The van der Waals surface area contributed by atoms with Crippen molar-refractivity contribution in [2.24, 2.45) is 5.73 Å². The lowest BCUT2D eigenvalue weighted by molar-refractivity contribution is -0.138. The van der Waals surface area contributed by atoms with Gasteiger partial charge in [0.1, 0.15) is 11.3 Å². The van der Waals surface area contributed by atoms with Crippen molar-refractivity contribution in [3.8, 4) is 11.5 Å². The van der Waals surface area contributed by atoms with Gasteiger partial charge in [-0.15, -0.1) is 12.4 Å². The molecule has 0 bridgehead atoms. The van der Waals surface area contributed by atoms with Crippen LogP contribution in [0.1, 0.15) is 18.4 Å². The summed E-state index contributed by atoms with van der Waals surface area (Å²) in [4.78, 5) is 12.4. The van der Waals surface area contributed by atoms with Crippen LogP contribution in [0.2, 0.25) is 0 Å². The van der Waals surface area contributed by atoms with Gasteiger partial charge in [0, 0.05) is 25.0 Å². The van der Waals surface area contributed by atoms with E-state index in [-0.39, 0.29) is 18.1 Å². The number of amides is 1. The lowest BCUT2D eigenvalue weighted by Crippen LogP contribution is -2.54. The normalized spacial score (nSPS) is 15.9. The summed E-state index contributed by atoms with van der Waals surface area (Å²) in [5.41, 5.74) is 4.05. The number of benzene rings is 2. The van der Waals surface area contributed by atoms with Crippen molar-refractivity contribution in [2.75, 3.05) is 18.5 Å². The zero-order valence-corrected chi connectivity index (χ0v) is 15.9. The van der Waals surface area contributed by atoms with E-state index >= 15 is 0 Å². The Morgan fingerprint density at radius 1 is 1.10 bits per heavy atom. The van der Waals surface area contributed by atoms with Crippen LogP contribution >= 0.6 is 12.4 Å². The highest BCUT2D eigenvalue weighted by molar-refractivity contribution is 5.98. The molecule has 0 spiro atoms. The minimum atomic E-state index is -4.64. The highest BCUT2D eigenvalue weighted by Gasteiger charge is 2.36. The van der Waals surface area contributed by atoms with Gasteiger partial charge < -0.3 is 20.5 Å². The Morgan fingerprint density at radius 3 is 2.38 bits per heavy atom. The summed E-state index contributed by atoms with van der Waals surface area (Å²) in [7, 11) is 0. The molecule has 1 fully saturated rings. The molecular weight excluding hydrogens is 416 g/mol. The number of halogens is 5. The van der Waals surface area contributed by atoms with E-state index in [4.69, 9.17) is 15.2 Å². The summed E-state index contributed by atoms with van der Waals surface area (Å²) in [5, 5.41) is 2.52. The van der Waals surface area contributed by atoms with E-state index in [2.05, 4.69) is 5.32 Å². The topological polar surface area (TPSA) is 73.6 Å². The fraction of sp³-hybridized carbons (Fsp3) is 0.316. The highest BCUT2D eigenvalue weighted by atomic mass is 35.5. The number of nitrogens with two attached hydrogens (primary N) is 1. The fourth-order valence-electron chi connectivity index (χ4n) is 2.79. The summed E-state index contributed by atoms with van der Waals surface area (Å²) < 4.78 is 63.7. The van der Waals surface area contributed by atoms with E-state index in [1.165, 1.54) is 18.2 Å². The van der Waals surface area contributed by atoms with Crippen LogP contribution in [0.15, 0.2) is 42.5 Å². The van der Waals surface area contributed by atoms with Crippen LogP contribution in [-0.4, -0.2) is 24.7 Å². The molecule has 2 aromatic rings. The molecule has 3 N–H and O–H groups in total. The molecule has 0 aromatic heterocycles. The predicted octanol–water partition coefficient (Wildman–Crippen LogP) is 4.51. The second-order valence-electron chi connectivity index (χ2n) is 6.46. The Labute approximate surface area is 170 Å². The van der Waals surface area contributed by atoms with Crippen molar-refractivity contribution in [3.05, 3.63) is 53.8 Å². The van der Waals surface area contributed by atoms with Crippen LogP contribution in [-0.2, 0) is 15.7 Å². The van der Waals surface area contributed by atoms with E-state index < -0.39 is 40.5 Å². The van der Waals surface area contributed by atoms with Crippen molar-refractivity contribution < 1.29 is 31.8 Å². The van der Waals surface area contributed by atoms with Gasteiger partial charge in [0.05, 0.1) is 5.56 Å². The molecule has 0 aliphatic carbocycles. The molecule has 158 valence electrons. The molecule has 2 aromatic carbocycles. The number of anilines is 1. The summed E-state index contributed by atoms with van der Waals surface area (Å²) in [5.74, 6) is -2.32. The molecule has 0 atom stereocenters. The molecule has 1 heterocycles. The molecule has 0 radical (unpaired) electrons. The quantitative estimate of drug-likeness (QED) is 0.695. The molecule has 1 aliphatic rings. The zero-order chi connectivity index (χ0) is 20.4. The third-order valence-corrected chi connectivity index (χ3v) is 4.44. The van der Waals surface area contributed by atoms with Crippen LogP contribution in [0.25, 0.3) is 0 Å². The van der Waals surface area contributed by atoms with Crippen molar-refractivity contribution in [3.63, 3.8) is 0 Å². The maximum Gasteiger partial charge on any atom is 0.419 e. The Kier molecular flexibility index (Phi) is 7.10. The molecule has 0 saturated carbocycles. The van der Waals surface area contributed by atoms with Crippen LogP contribution in [0.4, 0.5) is 23.2 Å². The molecule has 1 amide bonds. The summed E-state index contributed by atoms with van der Waals surface area (Å²) in [6.45, 7) is 0.702. The minimum Gasteiger partial charge on any atom is -0.454 e. The van der Waals surface area contributed by atoms with Gasteiger partial charge in [-0.05, 0) is 37.1 Å². The Balaban J connectivity index is 0.00000300. The van der Waals surface area contributed by atoms with Crippen LogP contribution < -0.4 is 15.8 Å². The minimum absolute atomic E-state index is 0. The Morgan fingerprint density at radius 2 is 1.76 bits per heavy atom.